The van der Waals surface area contributed by atoms with Crippen molar-refractivity contribution in [1.82, 2.24) is 20.4 Å². The van der Waals surface area contributed by atoms with Crippen LogP contribution < -0.4 is 10.5 Å². The van der Waals surface area contributed by atoms with Crippen molar-refractivity contribution in [2.75, 3.05) is 0 Å². The summed E-state index contributed by atoms with van der Waals surface area (Å²) >= 11 is 5.74. The number of nitrogens with zero attached hydrogens (tertiary/aromatic N) is 5. The first-order chi connectivity index (χ1) is 12.4. The summed E-state index contributed by atoms with van der Waals surface area (Å²) in [7, 11) is 0. The molecule has 0 saturated heterocycles. The van der Waals surface area contributed by atoms with E-state index >= 15 is 0 Å². The average molecular weight is 374 g/mol. The molecule has 0 saturated carbocycles. The number of hydrogen-bond donors (Lipinski definition) is 1. The van der Waals surface area contributed by atoms with Crippen LogP contribution in [0.15, 0.2) is 41.5 Å². The molecule has 1 heterocycles. The van der Waals surface area contributed by atoms with Gasteiger partial charge in [-0.3, -0.25) is 14.9 Å². The number of fused-ring (bicyclic) bond motifs is 1. The zero-order chi connectivity index (χ0) is 18.7. The summed E-state index contributed by atoms with van der Waals surface area (Å²) in [5, 5.41) is 34.6. The maximum atomic E-state index is 11.9. The molecule has 0 bridgehead atoms. The predicted octanol–water partition coefficient (Wildman–Crippen LogP) is 1.22. The molecule has 1 N–H and O–H groups in total. The number of nitro benzene ring substituents is 1. The smallest absolute Gasteiger partial charge is 0.263 e. The molecule has 11 heteroatoms. The fraction of sp³-hybridized carbons (Fsp3) is 0.0667. The number of halogens is 1. The lowest BCUT2D eigenvalue weighted by atomic mass is 10.2. The van der Waals surface area contributed by atoms with Gasteiger partial charge in [0.2, 0.25) is 0 Å². The Morgan fingerprint density at radius 3 is 2.58 bits per heavy atom. The van der Waals surface area contributed by atoms with Crippen LogP contribution in [0.25, 0.3) is 11.0 Å². The van der Waals surface area contributed by atoms with E-state index in [0.29, 0.717) is 11.0 Å². The van der Waals surface area contributed by atoms with Crippen LogP contribution in [0, 0.1) is 10.1 Å². The number of hydrogen-bond acceptors (Lipinski definition) is 7. The van der Waals surface area contributed by atoms with E-state index in [-0.39, 0.29) is 17.1 Å². The van der Waals surface area contributed by atoms with Crippen LogP contribution in [-0.2, 0) is 11.3 Å². The number of carbonyl (C=O) groups excluding carboxylic acids is 1. The molecule has 2 aromatic carbocycles. The van der Waals surface area contributed by atoms with Gasteiger partial charge >= 0.3 is 0 Å². The van der Waals surface area contributed by atoms with Gasteiger partial charge in [0.05, 0.1) is 11.1 Å². The molecule has 3 rings (SSSR count). The highest BCUT2D eigenvalue weighted by molar-refractivity contribution is 6.31. The summed E-state index contributed by atoms with van der Waals surface area (Å²) in [5.74, 6) is -1.39. The molecule has 0 atom stereocenters. The zero-order valence-corrected chi connectivity index (χ0v) is 13.8. The molecule has 1 aromatic heterocycles. The molecule has 26 heavy (non-hydrogen) atoms. The third kappa shape index (κ3) is 3.75. The van der Waals surface area contributed by atoms with Crippen molar-refractivity contribution >= 4 is 40.4 Å². The minimum atomic E-state index is -0.850. The molecule has 0 unspecified atom stereocenters. The monoisotopic (exact) mass is 373 g/mol. The van der Waals surface area contributed by atoms with Gasteiger partial charge in [-0.2, -0.15) is 20.1 Å². The van der Waals surface area contributed by atoms with Crippen molar-refractivity contribution < 1.29 is 14.8 Å². The lowest BCUT2D eigenvalue weighted by Crippen LogP contribution is -2.24. The summed E-state index contributed by atoms with van der Waals surface area (Å²) in [5.41, 5.74) is 2.70. The maximum absolute atomic E-state index is 11.9. The standard InChI is InChI=1S/C15H11ClN6O4/c16-10-5-9(15(24)13(6-10)22(25)26)7-17-18-14(23)8-21-19-11-3-1-2-4-12(11)20-21/h1-7,24H,8H2,(H,18,23)/p-1/b17-7-. The van der Waals surface area contributed by atoms with Crippen LogP contribution in [0.4, 0.5) is 5.69 Å². The molecule has 0 fully saturated rings. The first kappa shape index (κ1) is 17.3. The van der Waals surface area contributed by atoms with Crippen LogP contribution in [0.2, 0.25) is 5.02 Å². The van der Waals surface area contributed by atoms with E-state index in [2.05, 4.69) is 20.7 Å². The second-order valence-electron chi connectivity index (χ2n) is 5.11. The van der Waals surface area contributed by atoms with Gasteiger partial charge in [-0.25, -0.2) is 5.43 Å². The van der Waals surface area contributed by atoms with Crippen molar-refractivity contribution in [3.63, 3.8) is 0 Å². The number of aromatic nitrogens is 3. The van der Waals surface area contributed by atoms with Gasteiger partial charge in [0.25, 0.3) is 11.6 Å². The maximum Gasteiger partial charge on any atom is 0.263 e. The molecular weight excluding hydrogens is 364 g/mol. The average Bonchev–Trinajstić information content (AvgIpc) is 2.99. The number of carbonyl (C=O) groups is 1. The van der Waals surface area contributed by atoms with Gasteiger partial charge in [0, 0.05) is 11.1 Å². The highest BCUT2D eigenvalue weighted by atomic mass is 35.5. The molecule has 10 nitrogen and oxygen atoms in total. The predicted molar refractivity (Wildman–Crippen MR) is 90.8 cm³/mol. The quantitative estimate of drug-likeness (QED) is 0.405. The molecule has 0 radical (unpaired) electrons. The van der Waals surface area contributed by atoms with E-state index in [1.165, 1.54) is 10.9 Å². The second kappa shape index (κ2) is 7.15. The van der Waals surface area contributed by atoms with Crippen molar-refractivity contribution in [3.05, 3.63) is 57.1 Å². The normalized spacial score (nSPS) is 11.1. The molecule has 132 valence electrons. The summed E-state index contributed by atoms with van der Waals surface area (Å²) in [6.07, 6.45) is 0.992. The first-order valence-electron chi connectivity index (χ1n) is 7.21. The van der Waals surface area contributed by atoms with E-state index in [0.717, 1.165) is 12.3 Å². The van der Waals surface area contributed by atoms with Crippen molar-refractivity contribution in [2.45, 2.75) is 6.54 Å². The van der Waals surface area contributed by atoms with E-state index in [1.54, 1.807) is 24.3 Å². The lowest BCUT2D eigenvalue weighted by Gasteiger charge is -2.10. The third-order valence-corrected chi connectivity index (χ3v) is 3.48. The van der Waals surface area contributed by atoms with E-state index in [4.69, 9.17) is 11.6 Å². The number of nitrogens with one attached hydrogen (secondary N) is 1. The number of hydrazone groups is 1. The Morgan fingerprint density at radius 1 is 1.31 bits per heavy atom. The SMILES string of the molecule is O=C(Cn1nc2ccccc2n1)N/N=C\c1cc(Cl)cc([N+](=O)[O-])c1[O-]. The van der Waals surface area contributed by atoms with Crippen LogP contribution in [0.5, 0.6) is 5.75 Å². The van der Waals surface area contributed by atoms with Crippen molar-refractivity contribution in [3.8, 4) is 5.75 Å². The molecular formula is C15H10ClN6O4-. The Labute approximate surface area is 150 Å². The molecule has 0 aliphatic rings. The largest absolute Gasteiger partial charge is 0.867 e. The number of nitro groups is 1. The minimum Gasteiger partial charge on any atom is -0.867 e. The summed E-state index contributed by atoms with van der Waals surface area (Å²) in [6, 6.07) is 9.29. The topological polar surface area (TPSA) is 138 Å². The Kier molecular flexibility index (Phi) is 4.76. The minimum absolute atomic E-state index is 0.0107. The summed E-state index contributed by atoms with van der Waals surface area (Å²) in [6.45, 7) is -0.189. The van der Waals surface area contributed by atoms with Crippen LogP contribution in [-0.4, -0.2) is 32.0 Å². The Morgan fingerprint density at radius 2 is 1.96 bits per heavy atom. The van der Waals surface area contributed by atoms with Gasteiger partial charge in [-0.05, 0) is 29.5 Å². The van der Waals surface area contributed by atoms with Gasteiger partial charge < -0.3 is 5.11 Å². The van der Waals surface area contributed by atoms with E-state index in [1.807, 2.05) is 0 Å². The fourth-order valence-electron chi connectivity index (χ4n) is 2.14. The number of benzene rings is 2. The molecule has 0 spiro atoms. The lowest BCUT2D eigenvalue weighted by molar-refractivity contribution is -0.398. The van der Waals surface area contributed by atoms with Crippen LogP contribution >= 0.6 is 11.6 Å². The van der Waals surface area contributed by atoms with Gasteiger partial charge in [-0.15, -0.1) is 0 Å². The Balaban J connectivity index is 1.68. The number of amides is 1. The molecule has 0 aliphatic carbocycles. The van der Waals surface area contributed by atoms with Gasteiger partial charge in [-0.1, -0.05) is 23.7 Å². The zero-order valence-electron chi connectivity index (χ0n) is 13.0. The van der Waals surface area contributed by atoms with Crippen molar-refractivity contribution in [1.29, 1.82) is 0 Å². The third-order valence-electron chi connectivity index (χ3n) is 3.27. The van der Waals surface area contributed by atoms with E-state index < -0.39 is 22.3 Å². The van der Waals surface area contributed by atoms with Crippen molar-refractivity contribution in [2.24, 2.45) is 5.10 Å². The molecule has 1 amide bonds. The van der Waals surface area contributed by atoms with E-state index in [9.17, 15) is 20.0 Å². The highest BCUT2D eigenvalue weighted by Gasteiger charge is 2.11. The highest BCUT2D eigenvalue weighted by Crippen LogP contribution is 2.29. The Bertz CT molecular complexity index is 999. The first-order valence-corrected chi connectivity index (χ1v) is 7.58. The molecule has 0 aliphatic heterocycles. The molecule has 3 aromatic rings. The van der Waals surface area contributed by atoms with Crippen LogP contribution in [0.3, 0.4) is 0 Å². The summed E-state index contributed by atoms with van der Waals surface area (Å²) in [4.78, 5) is 23.0. The summed E-state index contributed by atoms with van der Waals surface area (Å²) < 4.78 is 0. The second-order valence-corrected chi connectivity index (χ2v) is 5.55. The number of rotatable bonds is 5. The van der Waals surface area contributed by atoms with Gasteiger partial charge in [0.1, 0.15) is 17.6 Å². The fourth-order valence-corrected chi connectivity index (χ4v) is 2.36. The van der Waals surface area contributed by atoms with Crippen LogP contribution in [0.1, 0.15) is 5.56 Å². The Hall–Kier alpha value is -3.53. The van der Waals surface area contributed by atoms with Gasteiger partial charge in [0.15, 0.2) is 0 Å².